The van der Waals surface area contributed by atoms with E-state index in [4.69, 9.17) is 9.47 Å². The summed E-state index contributed by atoms with van der Waals surface area (Å²) in [6.07, 6.45) is 2.23. The van der Waals surface area contributed by atoms with Crippen molar-refractivity contribution in [3.05, 3.63) is 58.3 Å². The van der Waals surface area contributed by atoms with Crippen LogP contribution in [0.4, 0.5) is 0 Å². The summed E-state index contributed by atoms with van der Waals surface area (Å²) in [5.74, 6) is -0.923. The summed E-state index contributed by atoms with van der Waals surface area (Å²) in [7, 11) is 1.61. The second-order valence-corrected chi connectivity index (χ2v) is 6.81. The molecular weight excluding hydrogens is 336 g/mol. The molecule has 0 unspecified atom stereocenters. The molecule has 1 aliphatic carbocycles. The van der Waals surface area contributed by atoms with Gasteiger partial charge >= 0.3 is 5.97 Å². The molecule has 0 saturated heterocycles. The second-order valence-electron chi connectivity index (χ2n) is 5.86. The lowest BCUT2D eigenvalue weighted by atomic mass is 9.74. The maximum Gasteiger partial charge on any atom is 0.317 e. The van der Waals surface area contributed by atoms with Crippen molar-refractivity contribution >= 4 is 28.7 Å². The highest BCUT2D eigenvalue weighted by Crippen LogP contribution is 2.41. The lowest BCUT2D eigenvalue weighted by Gasteiger charge is -2.29. The predicted octanol–water partition coefficient (Wildman–Crippen LogP) is 4.08. The van der Waals surface area contributed by atoms with Gasteiger partial charge in [0.15, 0.2) is 5.78 Å². The van der Waals surface area contributed by atoms with Gasteiger partial charge in [-0.05, 0) is 54.1 Å². The molecule has 0 radical (unpaired) electrons. The molecule has 0 aliphatic heterocycles. The van der Waals surface area contributed by atoms with E-state index in [1.165, 1.54) is 0 Å². The Bertz CT molecular complexity index is 775. The Hall–Kier alpha value is -2.40. The normalized spacial score (nSPS) is 20.1. The molecule has 2 atom stereocenters. The molecule has 1 aromatic heterocycles. The van der Waals surface area contributed by atoms with Crippen molar-refractivity contribution in [2.75, 3.05) is 13.7 Å². The average molecular weight is 356 g/mol. The van der Waals surface area contributed by atoms with Crippen LogP contribution in [0.2, 0.25) is 0 Å². The van der Waals surface area contributed by atoms with E-state index in [1.54, 1.807) is 31.4 Å². The number of hydrogen-bond donors (Lipinski definition) is 0. The van der Waals surface area contributed by atoms with E-state index in [-0.39, 0.29) is 18.3 Å². The molecule has 4 nitrogen and oxygen atoms in total. The van der Waals surface area contributed by atoms with Crippen LogP contribution in [0.15, 0.2) is 47.9 Å². The minimum Gasteiger partial charge on any atom is -0.497 e. The zero-order chi connectivity index (χ0) is 17.8. The van der Waals surface area contributed by atoms with E-state index in [0.717, 1.165) is 21.8 Å². The minimum absolute atomic E-state index is 0.186. The van der Waals surface area contributed by atoms with E-state index in [1.807, 2.05) is 41.8 Å². The molecule has 0 fully saturated rings. The van der Waals surface area contributed by atoms with E-state index in [2.05, 4.69) is 0 Å². The van der Waals surface area contributed by atoms with Gasteiger partial charge in [-0.25, -0.2) is 0 Å². The first-order valence-corrected chi connectivity index (χ1v) is 9.11. The van der Waals surface area contributed by atoms with Crippen LogP contribution in [0, 0.1) is 5.92 Å². The lowest BCUT2D eigenvalue weighted by Crippen LogP contribution is -2.33. The molecular formula is C20H20O4S. The van der Waals surface area contributed by atoms with Crippen molar-refractivity contribution in [3.63, 3.8) is 0 Å². The number of allylic oxidation sites excluding steroid dienone is 2. The zero-order valence-electron chi connectivity index (χ0n) is 14.2. The van der Waals surface area contributed by atoms with Crippen molar-refractivity contribution in [3.8, 4) is 5.75 Å². The SMILES string of the molecule is CCOC(=O)[C@@H]1C(=O)C=C(c2cccs2)C[C@@H]1c1ccc(OC)cc1. The van der Waals surface area contributed by atoms with E-state index in [0.29, 0.717) is 6.42 Å². The summed E-state index contributed by atoms with van der Waals surface area (Å²) >= 11 is 1.60. The first-order valence-electron chi connectivity index (χ1n) is 8.23. The Morgan fingerprint density at radius 2 is 2.00 bits per heavy atom. The topological polar surface area (TPSA) is 52.6 Å². The van der Waals surface area contributed by atoms with Crippen LogP contribution in [-0.2, 0) is 14.3 Å². The van der Waals surface area contributed by atoms with Crippen molar-refractivity contribution in [2.24, 2.45) is 5.92 Å². The van der Waals surface area contributed by atoms with Crippen molar-refractivity contribution in [1.82, 2.24) is 0 Å². The summed E-state index contributed by atoms with van der Waals surface area (Å²) in [5.41, 5.74) is 1.91. The van der Waals surface area contributed by atoms with Gasteiger partial charge in [0.05, 0.1) is 13.7 Å². The van der Waals surface area contributed by atoms with Gasteiger partial charge in [-0.3, -0.25) is 9.59 Å². The molecule has 25 heavy (non-hydrogen) atoms. The quantitative estimate of drug-likeness (QED) is 0.598. The third kappa shape index (κ3) is 3.66. The van der Waals surface area contributed by atoms with Crippen LogP contribution in [0.5, 0.6) is 5.75 Å². The fraction of sp³-hybridized carbons (Fsp3) is 0.300. The number of methoxy groups -OCH3 is 1. The molecule has 0 N–H and O–H groups in total. The summed E-state index contributed by atoms with van der Waals surface area (Å²) in [4.78, 5) is 26.2. The molecule has 1 aromatic carbocycles. The van der Waals surface area contributed by atoms with Gasteiger partial charge in [-0.15, -0.1) is 11.3 Å². The maximum absolute atomic E-state index is 12.7. The van der Waals surface area contributed by atoms with Crippen molar-refractivity contribution in [2.45, 2.75) is 19.3 Å². The van der Waals surface area contributed by atoms with Gasteiger partial charge in [0.1, 0.15) is 11.7 Å². The van der Waals surface area contributed by atoms with Gasteiger partial charge < -0.3 is 9.47 Å². The Balaban J connectivity index is 1.98. The Morgan fingerprint density at radius 1 is 1.24 bits per heavy atom. The first kappa shape index (κ1) is 17.4. The van der Waals surface area contributed by atoms with Gasteiger partial charge in [-0.2, -0.15) is 0 Å². The number of rotatable bonds is 5. The van der Waals surface area contributed by atoms with Gasteiger partial charge in [0.2, 0.25) is 0 Å². The standard InChI is InChI=1S/C20H20O4S/c1-3-24-20(22)19-16(13-6-8-15(23-2)9-7-13)11-14(12-17(19)21)18-5-4-10-25-18/h4-10,12,16,19H,3,11H2,1-2H3/t16-,19+/m1/s1. The fourth-order valence-corrected chi connectivity index (χ4v) is 3.93. The second kappa shape index (κ2) is 7.66. The molecule has 0 saturated carbocycles. The molecule has 0 bridgehead atoms. The van der Waals surface area contributed by atoms with Gasteiger partial charge in [0.25, 0.3) is 0 Å². The van der Waals surface area contributed by atoms with Gasteiger partial charge in [0, 0.05) is 10.8 Å². The summed E-state index contributed by atoms with van der Waals surface area (Å²) in [6, 6.07) is 11.5. The Morgan fingerprint density at radius 3 is 2.60 bits per heavy atom. The van der Waals surface area contributed by atoms with E-state index in [9.17, 15) is 9.59 Å². The van der Waals surface area contributed by atoms with Crippen LogP contribution in [-0.4, -0.2) is 25.5 Å². The van der Waals surface area contributed by atoms with Crippen molar-refractivity contribution < 1.29 is 19.1 Å². The number of benzene rings is 1. The molecule has 0 amide bonds. The van der Waals surface area contributed by atoms with Crippen LogP contribution in [0.1, 0.15) is 29.7 Å². The van der Waals surface area contributed by atoms with Crippen LogP contribution in [0.3, 0.4) is 0 Å². The molecule has 1 heterocycles. The number of esters is 1. The fourth-order valence-electron chi connectivity index (χ4n) is 3.18. The highest BCUT2D eigenvalue weighted by atomic mass is 32.1. The van der Waals surface area contributed by atoms with Crippen LogP contribution in [0.25, 0.3) is 5.57 Å². The van der Waals surface area contributed by atoms with E-state index >= 15 is 0 Å². The lowest BCUT2D eigenvalue weighted by molar-refractivity contribution is -0.151. The number of carbonyl (C=O) groups is 2. The summed E-state index contributed by atoms with van der Waals surface area (Å²) in [5, 5.41) is 1.99. The number of ketones is 1. The van der Waals surface area contributed by atoms with Crippen molar-refractivity contribution in [1.29, 1.82) is 0 Å². The predicted molar refractivity (Wildman–Crippen MR) is 97.8 cm³/mol. The molecule has 3 rings (SSSR count). The largest absolute Gasteiger partial charge is 0.497 e. The Labute approximate surface area is 151 Å². The van der Waals surface area contributed by atoms with Gasteiger partial charge in [-0.1, -0.05) is 18.2 Å². The van der Waals surface area contributed by atoms with Crippen LogP contribution < -0.4 is 4.74 Å². The first-order chi connectivity index (χ1) is 12.1. The third-order valence-corrected chi connectivity index (χ3v) is 5.33. The monoisotopic (exact) mass is 356 g/mol. The number of hydrogen-bond acceptors (Lipinski definition) is 5. The Kier molecular flexibility index (Phi) is 5.34. The zero-order valence-corrected chi connectivity index (χ0v) is 15.0. The summed E-state index contributed by atoms with van der Waals surface area (Å²) in [6.45, 7) is 2.01. The highest BCUT2D eigenvalue weighted by molar-refractivity contribution is 7.11. The number of thiophene rings is 1. The molecule has 5 heteroatoms. The third-order valence-electron chi connectivity index (χ3n) is 4.39. The number of ether oxygens (including phenoxy) is 2. The molecule has 2 aromatic rings. The average Bonchev–Trinajstić information content (AvgIpc) is 3.16. The minimum atomic E-state index is -0.794. The molecule has 130 valence electrons. The molecule has 0 spiro atoms. The number of carbonyl (C=O) groups excluding carboxylic acids is 2. The highest BCUT2D eigenvalue weighted by Gasteiger charge is 2.39. The van der Waals surface area contributed by atoms with E-state index < -0.39 is 11.9 Å². The van der Waals surface area contributed by atoms with Crippen LogP contribution >= 0.6 is 11.3 Å². The molecule has 1 aliphatic rings. The summed E-state index contributed by atoms with van der Waals surface area (Å²) < 4.78 is 10.4. The maximum atomic E-state index is 12.7. The smallest absolute Gasteiger partial charge is 0.317 e.